The van der Waals surface area contributed by atoms with Crippen molar-refractivity contribution in [3.8, 4) is 0 Å². The van der Waals surface area contributed by atoms with Gasteiger partial charge in [-0.15, -0.1) is 0 Å². The van der Waals surface area contributed by atoms with Gasteiger partial charge in [-0.2, -0.15) is 0 Å². The molecule has 0 aromatic heterocycles. The summed E-state index contributed by atoms with van der Waals surface area (Å²) in [5, 5.41) is 0. The largest absolute Gasteiger partial charge is 0.466 e. The van der Waals surface area contributed by atoms with Crippen molar-refractivity contribution in [2.75, 3.05) is 13.2 Å². The molecule has 0 heterocycles. The van der Waals surface area contributed by atoms with Crippen LogP contribution < -0.4 is 0 Å². The molecule has 0 spiro atoms. The number of hydrogen-bond acceptors (Lipinski definition) is 4. The lowest BCUT2D eigenvalue weighted by Gasteiger charge is -2.15. The number of alkyl halides is 2. The molecule has 0 rings (SSSR count). The van der Waals surface area contributed by atoms with E-state index in [2.05, 4.69) is 9.47 Å². The van der Waals surface area contributed by atoms with Gasteiger partial charge >= 0.3 is 11.9 Å². The lowest BCUT2D eigenvalue weighted by molar-refractivity contribution is -0.149. The maximum absolute atomic E-state index is 13.2. The lowest BCUT2D eigenvalue weighted by Crippen LogP contribution is -2.21. The van der Waals surface area contributed by atoms with Crippen LogP contribution in [-0.4, -0.2) is 31.1 Å². The molecule has 0 fully saturated rings. The fourth-order valence-electron chi connectivity index (χ4n) is 1.06. The average molecular weight is 252 g/mol. The maximum Gasteiger partial charge on any atom is 0.305 e. The van der Waals surface area contributed by atoms with Crippen LogP contribution >= 0.6 is 0 Å². The second-order valence-electron chi connectivity index (χ2n) is 3.48. The second kappa shape index (κ2) is 7.97. The smallest absolute Gasteiger partial charge is 0.305 e. The summed E-state index contributed by atoms with van der Waals surface area (Å²) >= 11 is 0. The first-order valence-corrected chi connectivity index (χ1v) is 5.60. The third kappa shape index (κ3) is 8.59. The van der Waals surface area contributed by atoms with Crippen molar-refractivity contribution in [2.45, 2.75) is 45.5 Å². The van der Waals surface area contributed by atoms with Gasteiger partial charge in [-0.25, -0.2) is 8.78 Å². The minimum absolute atomic E-state index is 0.161. The number of hydrogen-bond donors (Lipinski definition) is 0. The zero-order valence-corrected chi connectivity index (χ0v) is 10.1. The summed E-state index contributed by atoms with van der Waals surface area (Å²) < 4.78 is 35.4. The van der Waals surface area contributed by atoms with Crippen molar-refractivity contribution in [2.24, 2.45) is 0 Å². The van der Waals surface area contributed by atoms with Gasteiger partial charge in [-0.05, 0) is 6.92 Å². The summed E-state index contributed by atoms with van der Waals surface area (Å²) in [4.78, 5) is 21.6. The summed E-state index contributed by atoms with van der Waals surface area (Å²) in [6, 6.07) is 0. The van der Waals surface area contributed by atoms with E-state index in [-0.39, 0.29) is 26.1 Å². The van der Waals surface area contributed by atoms with Gasteiger partial charge in [0.15, 0.2) is 0 Å². The first kappa shape index (κ1) is 15.8. The molecule has 0 aliphatic rings. The molecule has 0 unspecified atom stereocenters. The molecular formula is C11H18F2O4. The number of carbonyl (C=O) groups is 2. The molecule has 0 saturated heterocycles. The predicted molar refractivity (Wildman–Crippen MR) is 56.7 cm³/mol. The monoisotopic (exact) mass is 252 g/mol. The fraction of sp³-hybridized carbons (Fsp3) is 0.818. The Kier molecular flexibility index (Phi) is 7.41. The molecule has 0 bridgehead atoms. The molecule has 6 heteroatoms. The summed E-state index contributed by atoms with van der Waals surface area (Å²) in [5.41, 5.74) is 0. The van der Waals surface area contributed by atoms with Crippen LogP contribution in [0.1, 0.15) is 39.5 Å². The Hall–Kier alpha value is -1.20. The molecule has 4 nitrogen and oxygen atoms in total. The molecule has 0 atom stereocenters. The molecule has 0 aromatic rings. The Labute approximate surface area is 99.3 Å². The van der Waals surface area contributed by atoms with Gasteiger partial charge in [0.2, 0.25) is 0 Å². The quantitative estimate of drug-likeness (QED) is 0.622. The Morgan fingerprint density at radius 3 is 2.24 bits per heavy atom. The summed E-state index contributed by atoms with van der Waals surface area (Å²) in [6.45, 7) is 3.04. The predicted octanol–water partition coefficient (Wildman–Crippen LogP) is 2.31. The van der Waals surface area contributed by atoms with Gasteiger partial charge in [-0.1, -0.05) is 6.92 Å². The highest BCUT2D eigenvalue weighted by Gasteiger charge is 2.29. The van der Waals surface area contributed by atoms with Crippen LogP contribution in [-0.2, 0) is 19.1 Å². The van der Waals surface area contributed by atoms with Crippen molar-refractivity contribution < 1.29 is 27.8 Å². The molecular weight excluding hydrogens is 234 g/mol. The van der Waals surface area contributed by atoms with Gasteiger partial charge in [0.1, 0.15) is 0 Å². The van der Waals surface area contributed by atoms with E-state index in [0.717, 1.165) is 0 Å². The highest BCUT2D eigenvalue weighted by molar-refractivity contribution is 5.69. The van der Waals surface area contributed by atoms with Gasteiger partial charge in [0.05, 0.1) is 19.6 Å². The summed E-state index contributed by atoms with van der Waals surface area (Å²) in [7, 11) is 0. The average Bonchev–Trinajstić information content (AvgIpc) is 2.26. The van der Waals surface area contributed by atoms with Crippen LogP contribution in [0.4, 0.5) is 8.78 Å². The molecule has 100 valence electrons. The molecule has 0 aromatic carbocycles. The minimum Gasteiger partial charge on any atom is -0.466 e. The van der Waals surface area contributed by atoms with E-state index in [1.807, 2.05) is 0 Å². The Balaban J connectivity index is 3.79. The van der Waals surface area contributed by atoms with Crippen LogP contribution in [0.15, 0.2) is 0 Å². The Bertz CT molecular complexity index is 254. The molecule has 0 saturated carbocycles. The number of carbonyl (C=O) groups excluding carboxylic acids is 2. The van der Waals surface area contributed by atoms with Crippen molar-refractivity contribution >= 4 is 11.9 Å². The SMILES string of the molecule is CCOC(=O)CCC(F)(F)CCOC(=O)CC. The van der Waals surface area contributed by atoms with E-state index >= 15 is 0 Å². The van der Waals surface area contributed by atoms with Gasteiger partial charge < -0.3 is 9.47 Å². The van der Waals surface area contributed by atoms with Crippen LogP contribution in [0.3, 0.4) is 0 Å². The van der Waals surface area contributed by atoms with E-state index in [1.54, 1.807) is 13.8 Å². The first-order chi connectivity index (χ1) is 7.91. The highest BCUT2D eigenvalue weighted by atomic mass is 19.3. The van der Waals surface area contributed by atoms with Crippen molar-refractivity contribution in [1.29, 1.82) is 0 Å². The van der Waals surface area contributed by atoms with Gasteiger partial charge in [-0.3, -0.25) is 9.59 Å². The van der Waals surface area contributed by atoms with Crippen LogP contribution in [0.5, 0.6) is 0 Å². The topological polar surface area (TPSA) is 52.6 Å². The zero-order chi connectivity index (χ0) is 13.3. The van der Waals surface area contributed by atoms with Crippen LogP contribution in [0.25, 0.3) is 0 Å². The second-order valence-corrected chi connectivity index (χ2v) is 3.48. The van der Waals surface area contributed by atoms with Crippen molar-refractivity contribution in [3.05, 3.63) is 0 Å². The normalized spacial score (nSPS) is 11.1. The van der Waals surface area contributed by atoms with Gasteiger partial charge in [0, 0.05) is 19.3 Å². The van der Waals surface area contributed by atoms with Crippen molar-refractivity contribution in [3.63, 3.8) is 0 Å². The zero-order valence-electron chi connectivity index (χ0n) is 10.1. The first-order valence-electron chi connectivity index (χ1n) is 5.60. The van der Waals surface area contributed by atoms with E-state index in [9.17, 15) is 18.4 Å². The van der Waals surface area contributed by atoms with E-state index in [4.69, 9.17) is 0 Å². The third-order valence-corrected chi connectivity index (χ3v) is 2.02. The third-order valence-electron chi connectivity index (χ3n) is 2.02. The summed E-state index contributed by atoms with van der Waals surface area (Å²) in [5.74, 6) is -4.16. The Morgan fingerprint density at radius 2 is 1.71 bits per heavy atom. The fourth-order valence-corrected chi connectivity index (χ4v) is 1.06. The standard InChI is InChI=1S/C11H18F2O4/c1-3-9(14)17-8-7-11(12,13)6-5-10(15)16-4-2/h3-8H2,1-2H3. The molecule has 0 radical (unpaired) electrons. The number of rotatable bonds is 8. The Morgan fingerprint density at radius 1 is 1.06 bits per heavy atom. The van der Waals surface area contributed by atoms with Crippen molar-refractivity contribution in [1.82, 2.24) is 0 Å². The van der Waals surface area contributed by atoms with E-state index in [1.165, 1.54) is 0 Å². The molecule has 0 aliphatic carbocycles. The van der Waals surface area contributed by atoms with Crippen LogP contribution in [0.2, 0.25) is 0 Å². The van der Waals surface area contributed by atoms with E-state index < -0.39 is 30.7 Å². The number of esters is 2. The van der Waals surface area contributed by atoms with E-state index in [0.29, 0.717) is 0 Å². The summed E-state index contributed by atoms with van der Waals surface area (Å²) in [6.07, 6.45) is -1.33. The minimum atomic E-state index is -3.01. The highest BCUT2D eigenvalue weighted by Crippen LogP contribution is 2.24. The lowest BCUT2D eigenvalue weighted by atomic mass is 10.1. The molecule has 0 amide bonds. The maximum atomic E-state index is 13.2. The molecule has 0 N–H and O–H groups in total. The van der Waals surface area contributed by atoms with Gasteiger partial charge in [0.25, 0.3) is 5.92 Å². The number of halogens is 2. The molecule has 0 aliphatic heterocycles. The number of ether oxygens (including phenoxy) is 2. The molecule has 17 heavy (non-hydrogen) atoms. The van der Waals surface area contributed by atoms with Crippen LogP contribution in [0, 0.1) is 0 Å².